The van der Waals surface area contributed by atoms with Gasteiger partial charge >= 0.3 is 0 Å². The molecule has 0 spiro atoms. The molecule has 1 saturated heterocycles. The fourth-order valence-corrected chi connectivity index (χ4v) is 2.45. The van der Waals surface area contributed by atoms with Crippen molar-refractivity contribution in [2.75, 3.05) is 26.2 Å². The SMILES string of the molecule is CC(C#N)N1CCN(C(=O)Cc2ccc(Cl)cc2)CC1. The molecule has 1 aliphatic heterocycles. The lowest BCUT2D eigenvalue weighted by molar-refractivity contribution is -0.132. The van der Waals surface area contributed by atoms with Gasteiger partial charge in [-0.25, -0.2) is 0 Å². The Hall–Kier alpha value is -1.57. The molecular weight excluding hydrogens is 274 g/mol. The lowest BCUT2D eigenvalue weighted by Gasteiger charge is -2.36. The van der Waals surface area contributed by atoms with Crippen LogP contribution in [0.15, 0.2) is 24.3 Å². The van der Waals surface area contributed by atoms with E-state index in [9.17, 15) is 4.79 Å². The van der Waals surface area contributed by atoms with Crippen molar-refractivity contribution < 1.29 is 4.79 Å². The highest BCUT2D eigenvalue weighted by Crippen LogP contribution is 2.12. The van der Waals surface area contributed by atoms with Crippen molar-refractivity contribution in [2.24, 2.45) is 0 Å². The minimum Gasteiger partial charge on any atom is -0.340 e. The van der Waals surface area contributed by atoms with E-state index in [0.717, 1.165) is 18.7 Å². The van der Waals surface area contributed by atoms with Crippen LogP contribution in [0.1, 0.15) is 12.5 Å². The maximum absolute atomic E-state index is 12.2. The number of carbonyl (C=O) groups excluding carboxylic acids is 1. The van der Waals surface area contributed by atoms with E-state index in [1.807, 2.05) is 24.0 Å². The van der Waals surface area contributed by atoms with Gasteiger partial charge in [-0.3, -0.25) is 9.69 Å². The van der Waals surface area contributed by atoms with Gasteiger partial charge in [0.15, 0.2) is 0 Å². The van der Waals surface area contributed by atoms with Gasteiger partial charge in [0.2, 0.25) is 5.91 Å². The number of carbonyl (C=O) groups is 1. The largest absolute Gasteiger partial charge is 0.340 e. The van der Waals surface area contributed by atoms with E-state index in [2.05, 4.69) is 11.0 Å². The second-order valence-corrected chi connectivity index (χ2v) is 5.46. The molecule has 0 aromatic heterocycles. The average molecular weight is 292 g/mol. The van der Waals surface area contributed by atoms with E-state index in [0.29, 0.717) is 24.5 Å². The highest BCUT2D eigenvalue weighted by atomic mass is 35.5. The van der Waals surface area contributed by atoms with Crippen molar-refractivity contribution in [3.63, 3.8) is 0 Å². The first-order valence-electron chi connectivity index (χ1n) is 6.76. The van der Waals surface area contributed by atoms with Crippen molar-refractivity contribution in [1.82, 2.24) is 9.80 Å². The zero-order valence-electron chi connectivity index (χ0n) is 11.6. The number of rotatable bonds is 3. The first-order valence-corrected chi connectivity index (χ1v) is 7.14. The van der Waals surface area contributed by atoms with Crippen molar-refractivity contribution in [3.8, 4) is 6.07 Å². The molecule has 1 amide bonds. The summed E-state index contributed by atoms with van der Waals surface area (Å²) in [5, 5.41) is 9.58. The molecule has 0 aliphatic carbocycles. The fraction of sp³-hybridized carbons (Fsp3) is 0.467. The van der Waals surface area contributed by atoms with Crippen LogP contribution >= 0.6 is 11.6 Å². The number of nitrogens with zero attached hydrogens (tertiary/aromatic N) is 3. The molecular formula is C15H18ClN3O. The van der Waals surface area contributed by atoms with Crippen LogP contribution in [0.5, 0.6) is 0 Å². The Morgan fingerprint density at radius 2 is 1.90 bits per heavy atom. The van der Waals surface area contributed by atoms with Gasteiger partial charge in [0.05, 0.1) is 18.5 Å². The molecule has 1 atom stereocenters. The smallest absolute Gasteiger partial charge is 0.227 e. The average Bonchev–Trinajstić information content (AvgIpc) is 2.49. The monoisotopic (exact) mass is 291 g/mol. The lowest BCUT2D eigenvalue weighted by atomic mass is 10.1. The van der Waals surface area contributed by atoms with E-state index >= 15 is 0 Å². The van der Waals surface area contributed by atoms with Crippen LogP contribution in [-0.2, 0) is 11.2 Å². The molecule has 1 aromatic carbocycles. The van der Waals surface area contributed by atoms with Crippen molar-refractivity contribution >= 4 is 17.5 Å². The molecule has 1 aliphatic rings. The second kappa shape index (κ2) is 6.74. The summed E-state index contributed by atoms with van der Waals surface area (Å²) in [7, 11) is 0. The Morgan fingerprint density at radius 3 is 2.45 bits per heavy atom. The summed E-state index contributed by atoms with van der Waals surface area (Å²) in [4.78, 5) is 16.2. The van der Waals surface area contributed by atoms with Gasteiger partial charge in [-0.2, -0.15) is 5.26 Å². The van der Waals surface area contributed by atoms with Crippen LogP contribution in [-0.4, -0.2) is 47.9 Å². The molecule has 1 aromatic rings. The van der Waals surface area contributed by atoms with Crippen LogP contribution in [0.3, 0.4) is 0 Å². The fourth-order valence-electron chi connectivity index (χ4n) is 2.33. The van der Waals surface area contributed by atoms with Crippen molar-refractivity contribution in [2.45, 2.75) is 19.4 Å². The molecule has 1 unspecified atom stereocenters. The molecule has 0 saturated carbocycles. The third kappa shape index (κ3) is 3.72. The van der Waals surface area contributed by atoms with Gasteiger partial charge in [-0.1, -0.05) is 23.7 Å². The Bertz CT molecular complexity index is 501. The number of halogens is 1. The van der Waals surface area contributed by atoms with Crippen molar-refractivity contribution in [3.05, 3.63) is 34.9 Å². The molecule has 4 nitrogen and oxygen atoms in total. The topological polar surface area (TPSA) is 47.3 Å². The maximum Gasteiger partial charge on any atom is 0.227 e. The highest BCUT2D eigenvalue weighted by Gasteiger charge is 2.23. The van der Waals surface area contributed by atoms with Gasteiger partial charge in [0.1, 0.15) is 0 Å². The van der Waals surface area contributed by atoms with Crippen LogP contribution in [0.4, 0.5) is 0 Å². The summed E-state index contributed by atoms with van der Waals surface area (Å²) in [6.45, 7) is 4.81. The normalized spacial score (nSPS) is 17.6. The Kier molecular flexibility index (Phi) is 4.99. The predicted octanol–water partition coefficient (Wildman–Crippen LogP) is 1.94. The van der Waals surface area contributed by atoms with Gasteiger partial charge < -0.3 is 4.90 Å². The summed E-state index contributed by atoms with van der Waals surface area (Å²) >= 11 is 5.83. The summed E-state index contributed by atoms with van der Waals surface area (Å²) < 4.78 is 0. The number of benzene rings is 1. The summed E-state index contributed by atoms with van der Waals surface area (Å²) in [5.74, 6) is 0.136. The minimum atomic E-state index is -0.0801. The van der Waals surface area contributed by atoms with Gasteiger partial charge in [0.25, 0.3) is 0 Å². The third-order valence-corrected chi connectivity index (χ3v) is 3.92. The Balaban J connectivity index is 1.86. The molecule has 106 valence electrons. The number of amides is 1. The molecule has 0 bridgehead atoms. The van der Waals surface area contributed by atoms with Gasteiger partial charge in [0, 0.05) is 31.2 Å². The Labute approximate surface area is 124 Å². The lowest BCUT2D eigenvalue weighted by Crippen LogP contribution is -2.51. The van der Waals surface area contributed by atoms with E-state index in [1.165, 1.54) is 0 Å². The summed E-state index contributed by atoms with van der Waals surface area (Å²) in [6, 6.07) is 9.52. The van der Waals surface area contributed by atoms with E-state index in [1.54, 1.807) is 12.1 Å². The zero-order valence-corrected chi connectivity index (χ0v) is 12.3. The molecule has 0 N–H and O–H groups in total. The maximum atomic E-state index is 12.2. The first kappa shape index (κ1) is 14.8. The van der Waals surface area contributed by atoms with Crippen LogP contribution in [0.25, 0.3) is 0 Å². The quantitative estimate of drug-likeness (QED) is 0.855. The number of nitriles is 1. The summed E-state index contributed by atoms with van der Waals surface area (Å²) in [5.41, 5.74) is 0.979. The number of hydrogen-bond acceptors (Lipinski definition) is 3. The molecule has 1 fully saturated rings. The molecule has 5 heteroatoms. The zero-order chi connectivity index (χ0) is 14.5. The predicted molar refractivity (Wildman–Crippen MR) is 78.4 cm³/mol. The van der Waals surface area contributed by atoms with E-state index in [-0.39, 0.29) is 11.9 Å². The van der Waals surface area contributed by atoms with E-state index < -0.39 is 0 Å². The van der Waals surface area contributed by atoms with Gasteiger partial charge in [-0.05, 0) is 24.6 Å². The molecule has 2 rings (SSSR count). The van der Waals surface area contributed by atoms with E-state index in [4.69, 9.17) is 16.9 Å². The number of piperazine rings is 1. The Morgan fingerprint density at radius 1 is 1.30 bits per heavy atom. The first-order chi connectivity index (χ1) is 9.60. The molecule has 20 heavy (non-hydrogen) atoms. The second-order valence-electron chi connectivity index (χ2n) is 5.03. The standard InChI is InChI=1S/C15H18ClN3O/c1-12(11-17)18-6-8-19(9-7-18)15(20)10-13-2-4-14(16)5-3-13/h2-5,12H,6-10H2,1H3. The van der Waals surface area contributed by atoms with Crippen LogP contribution < -0.4 is 0 Å². The summed E-state index contributed by atoms with van der Waals surface area (Å²) in [6.07, 6.45) is 0.408. The molecule has 0 radical (unpaired) electrons. The number of hydrogen-bond donors (Lipinski definition) is 0. The van der Waals surface area contributed by atoms with Crippen molar-refractivity contribution in [1.29, 1.82) is 5.26 Å². The molecule has 1 heterocycles. The van der Waals surface area contributed by atoms with Gasteiger partial charge in [-0.15, -0.1) is 0 Å². The van der Waals surface area contributed by atoms with Crippen LogP contribution in [0, 0.1) is 11.3 Å². The highest BCUT2D eigenvalue weighted by molar-refractivity contribution is 6.30. The van der Waals surface area contributed by atoms with Crippen LogP contribution in [0.2, 0.25) is 5.02 Å². The third-order valence-electron chi connectivity index (χ3n) is 3.67. The minimum absolute atomic E-state index is 0.0801.